The molecule has 2 aromatic rings. The number of amides is 1. The van der Waals surface area contributed by atoms with Crippen LogP contribution >= 0.6 is 11.3 Å². The standard InChI is InChI=1S/C14H20N4OS/c1-8-6-4-5-7-18(8)13(19)12-11(15)10-9(2)16-17(3)14(10)20-12/h8H,4-7,15H2,1-3H3. The number of aromatic nitrogens is 2. The highest BCUT2D eigenvalue weighted by molar-refractivity contribution is 7.21. The summed E-state index contributed by atoms with van der Waals surface area (Å²) in [6.45, 7) is 4.89. The molecule has 0 saturated carbocycles. The molecule has 0 bridgehead atoms. The van der Waals surface area contributed by atoms with Crippen LogP contribution in [0.2, 0.25) is 0 Å². The lowest BCUT2D eigenvalue weighted by molar-refractivity contribution is 0.0642. The number of fused-ring (bicyclic) bond motifs is 1. The number of likely N-dealkylation sites (tertiary alicyclic amines) is 1. The predicted octanol–water partition coefficient (Wildman–Crippen LogP) is 2.54. The van der Waals surface area contributed by atoms with Crippen molar-refractivity contribution in [2.45, 2.75) is 39.2 Å². The highest BCUT2D eigenvalue weighted by Gasteiger charge is 2.28. The number of thiophene rings is 1. The Labute approximate surface area is 122 Å². The minimum Gasteiger partial charge on any atom is -0.397 e. The lowest BCUT2D eigenvalue weighted by Gasteiger charge is -2.33. The van der Waals surface area contributed by atoms with Gasteiger partial charge in [0.15, 0.2) is 0 Å². The number of carbonyl (C=O) groups is 1. The summed E-state index contributed by atoms with van der Waals surface area (Å²) < 4.78 is 1.81. The number of piperidine rings is 1. The van der Waals surface area contributed by atoms with Crippen molar-refractivity contribution in [2.75, 3.05) is 12.3 Å². The van der Waals surface area contributed by atoms with Crippen LogP contribution in [0.15, 0.2) is 0 Å². The van der Waals surface area contributed by atoms with Crippen LogP contribution in [-0.2, 0) is 7.05 Å². The number of nitrogens with zero attached hydrogens (tertiary/aromatic N) is 3. The third-order valence-corrected chi connectivity index (χ3v) is 5.40. The lowest BCUT2D eigenvalue weighted by Crippen LogP contribution is -2.41. The first-order valence-electron chi connectivity index (χ1n) is 7.03. The van der Waals surface area contributed by atoms with Gasteiger partial charge in [-0.25, -0.2) is 0 Å². The fourth-order valence-electron chi connectivity index (χ4n) is 3.02. The Morgan fingerprint density at radius 2 is 2.20 bits per heavy atom. The summed E-state index contributed by atoms with van der Waals surface area (Å²) in [5.74, 6) is 0.0790. The first kappa shape index (κ1) is 13.4. The monoisotopic (exact) mass is 292 g/mol. The van der Waals surface area contributed by atoms with Crippen LogP contribution in [0.1, 0.15) is 41.6 Å². The van der Waals surface area contributed by atoms with Gasteiger partial charge in [0, 0.05) is 19.6 Å². The Hall–Kier alpha value is -1.56. The zero-order chi connectivity index (χ0) is 14.4. The van der Waals surface area contributed by atoms with E-state index in [9.17, 15) is 4.79 Å². The fraction of sp³-hybridized carbons (Fsp3) is 0.571. The quantitative estimate of drug-likeness (QED) is 0.878. The van der Waals surface area contributed by atoms with Crippen LogP contribution in [-0.4, -0.2) is 33.2 Å². The number of aryl methyl sites for hydroxylation is 2. The Kier molecular flexibility index (Phi) is 3.20. The third-order valence-electron chi connectivity index (χ3n) is 4.14. The van der Waals surface area contributed by atoms with E-state index in [0.717, 1.165) is 35.3 Å². The van der Waals surface area contributed by atoms with Crippen LogP contribution in [0.5, 0.6) is 0 Å². The molecule has 1 fully saturated rings. The van der Waals surface area contributed by atoms with E-state index in [0.29, 0.717) is 16.6 Å². The number of nitrogen functional groups attached to an aromatic ring is 1. The van der Waals surface area contributed by atoms with E-state index >= 15 is 0 Å². The van der Waals surface area contributed by atoms with Crippen LogP contribution in [0.25, 0.3) is 10.2 Å². The normalized spacial score (nSPS) is 19.8. The molecule has 108 valence electrons. The zero-order valence-corrected chi connectivity index (χ0v) is 13.0. The number of nitrogens with two attached hydrogens (primary N) is 1. The summed E-state index contributed by atoms with van der Waals surface area (Å²) in [6, 6.07) is 0.306. The second-order valence-corrected chi connectivity index (χ2v) is 6.58. The second kappa shape index (κ2) is 4.77. The van der Waals surface area contributed by atoms with Gasteiger partial charge in [0.1, 0.15) is 9.71 Å². The van der Waals surface area contributed by atoms with Crippen molar-refractivity contribution in [1.29, 1.82) is 0 Å². The third kappa shape index (κ3) is 1.90. The molecule has 1 unspecified atom stereocenters. The number of hydrogen-bond donors (Lipinski definition) is 1. The molecule has 5 nitrogen and oxygen atoms in total. The topological polar surface area (TPSA) is 64.2 Å². The first-order valence-corrected chi connectivity index (χ1v) is 7.85. The van der Waals surface area contributed by atoms with Gasteiger partial charge in [0.2, 0.25) is 0 Å². The predicted molar refractivity (Wildman–Crippen MR) is 82.1 cm³/mol. The van der Waals surface area contributed by atoms with Crippen LogP contribution in [0.4, 0.5) is 5.69 Å². The summed E-state index contributed by atoms with van der Waals surface area (Å²) >= 11 is 1.46. The fourth-order valence-corrected chi connectivity index (χ4v) is 4.16. The van der Waals surface area contributed by atoms with Gasteiger partial charge < -0.3 is 10.6 Å². The summed E-state index contributed by atoms with van der Waals surface area (Å²) in [6.07, 6.45) is 3.37. The van der Waals surface area contributed by atoms with E-state index < -0.39 is 0 Å². The molecule has 0 spiro atoms. The first-order chi connectivity index (χ1) is 9.50. The average molecular weight is 292 g/mol. The molecule has 0 radical (unpaired) electrons. The van der Waals surface area contributed by atoms with Crippen molar-refractivity contribution in [3.63, 3.8) is 0 Å². The number of anilines is 1. The molecule has 3 heterocycles. The van der Waals surface area contributed by atoms with Crippen molar-refractivity contribution in [3.8, 4) is 0 Å². The average Bonchev–Trinajstić information content (AvgIpc) is 2.89. The largest absolute Gasteiger partial charge is 0.397 e. The van der Waals surface area contributed by atoms with E-state index in [2.05, 4.69) is 12.0 Å². The highest BCUT2D eigenvalue weighted by Crippen LogP contribution is 2.36. The molecular weight excluding hydrogens is 272 g/mol. The van der Waals surface area contributed by atoms with Crippen LogP contribution in [0, 0.1) is 6.92 Å². The summed E-state index contributed by atoms with van der Waals surface area (Å²) in [4.78, 5) is 16.4. The SMILES string of the molecule is Cc1nn(C)c2sc(C(=O)N3CCCCC3C)c(N)c12. The number of carbonyl (C=O) groups excluding carboxylic acids is 1. The summed E-state index contributed by atoms with van der Waals surface area (Å²) in [5, 5.41) is 5.30. The van der Waals surface area contributed by atoms with Crippen molar-refractivity contribution in [2.24, 2.45) is 7.05 Å². The molecule has 20 heavy (non-hydrogen) atoms. The number of rotatable bonds is 1. The molecule has 1 amide bonds. The van der Waals surface area contributed by atoms with Gasteiger partial charge in [-0.3, -0.25) is 9.48 Å². The molecule has 2 aromatic heterocycles. The van der Waals surface area contributed by atoms with E-state index in [4.69, 9.17) is 5.73 Å². The van der Waals surface area contributed by atoms with Crippen molar-refractivity contribution >= 4 is 33.1 Å². The Morgan fingerprint density at radius 1 is 1.45 bits per heavy atom. The smallest absolute Gasteiger partial charge is 0.266 e. The highest BCUT2D eigenvalue weighted by atomic mass is 32.1. The Morgan fingerprint density at radius 3 is 2.85 bits per heavy atom. The molecule has 0 aromatic carbocycles. The van der Waals surface area contributed by atoms with Gasteiger partial charge in [-0.1, -0.05) is 0 Å². The Bertz CT molecular complexity index is 672. The van der Waals surface area contributed by atoms with Crippen molar-refractivity contribution in [1.82, 2.24) is 14.7 Å². The van der Waals surface area contributed by atoms with E-state index in [1.165, 1.54) is 17.8 Å². The van der Waals surface area contributed by atoms with Crippen molar-refractivity contribution in [3.05, 3.63) is 10.6 Å². The molecule has 1 saturated heterocycles. The van der Waals surface area contributed by atoms with Gasteiger partial charge in [-0.15, -0.1) is 11.3 Å². The van der Waals surface area contributed by atoms with E-state index in [1.54, 1.807) is 0 Å². The van der Waals surface area contributed by atoms with Gasteiger partial charge in [-0.2, -0.15) is 5.10 Å². The maximum absolute atomic E-state index is 12.7. The molecule has 2 N–H and O–H groups in total. The minimum absolute atomic E-state index is 0.0790. The van der Waals surface area contributed by atoms with Gasteiger partial charge in [0.05, 0.1) is 16.8 Å². The summed E-state index contributed by atoms with van der Waals surface area (Å²) in [7, 11) is 1.89. The lowest BCUT2D eigenvalue weighted by atomic mass is 10.0. The maximum atomic E-state index is 12.7. The molecule has 0 aliphatic carbocycles. The molecule has 1 atom stereocenters. The van der Waals surface area contributed by atoms with Gasteiger partial charge in [0.25, 0.3) is 5.91 Å². The maximum Gasteiger partial charge on any atom is 0.266 e. The van der Waals surface area contributed by atoms with E-state index in [1.807, 2.05) is 23.6 Å². The van der Waals surface area contributed by atoms with Crippen molar-refractivity contribution < 1.29 is 4.79 Å². The van der Waals surface area contributed by atoms with E-state index in [-0.39, 0.29) is 5.91 Å². The van der Waals surface area contributed by atoms with Gasteiger partial charge >= 0.3 is 0 Å². The molecule has 6 heteroatoms. The summed E-state index contributed by atoms with van der Waals surface area (Å²) in [5.41, 5.74) is 7.70. The second-order valence-electron chi connectivity index (χ2n) is 5.58. The zero-order valence-electron chi connectivity index (χ0n) is 12.1. The molecule has 3 rings (SSSR count). The Balaban J connectivity index is 2.03. The van der Waals surface area contributed by atoms with Crippen LogP contribution < -0.4 is 5.73 Å². The minimum atomic E-state index is 0.0790. The molecule has 1 aliphatic heterocycles. The van der Waals surface area contributed by atoms with Gasteiger partial charge in [-0.05, 0) is 33.1 Å². The molecule has 1 aliphatic rings. The number of hydrogen-bond acceptors (Lipinski definition) is 4. The molecular formula is C14H20N4OS. The van der Waals surface area contributed by atoms with Crippen LogP contribution in [0.3, 0.4) is 0 Å².